The van der Waals surface area contributed by atoms with E-state index in [9.17, 15) is 0 Å². The zero-order chi connectivity index (χ0) is 13.0. The number of hydrogen-bond donors (Lipinski definition) is 1. The van der Waals surface area contributed by atoms with Gasteiger partial charge in [-0.25, -0.2) is 0 Å². The van der Waals surface area contributed by atoms with Crippen molar-refractivity contribution in [1.82, 2.24) is 5.32 Å². The van der Waals surface area contributed by atoms with E-state index in [2.05, 4.69) is 74.6 Å². The van der Waals surface area contributed by atoms with Gasteiger partial charge in [0.05, 0.1) is 0 Å². The highest BCUT2D eigenvalue weighted by Crippen LogP contribution is 2.21. The normalized spacial score (nSPS) is 13.8. The first-order chi connectivity index (χ1) is 8.72. The van der Waals surface area contributed by atoms with Crippen molar-refractivity contribution in [1.29, 1.82) is 0 Å². The second kappa shape index (κ2) is 5.83. The van der Waals surface area contributed by atoms with E-state index in [-0.39, 0.29) is 0 Å². The summed E-state index contributed by atoms with van der Waals surface area (Å²) in [5, 5.41) is 6.07. The van der Waals surface area contributed by atoms with Crippen LogP contribution in [0.15, 0.2) is 48.0 Å². The van der Waals surface area contributed by atoms with E-state index < -0.39 is 0 Å². The van der Waals surface area contributed by atoms with Crippen molar-refractivity contribution in [3.8, 4) is 0 Å². The van der Waals surface area contributed by atoms with Crippen LogP contribution in [-0.2, 0) is 0 Å². The minimum absolute atomic E-state index is 0.425. The van der Waals surface area contributed by atoms with Crippen LogP contribution in [0.5, 0.6) is 0 Å². The maximum absolute atomic E-state index is 3.45. The van der Waals surface area contributed by atoms with Gasteiger partial charge in [0.15, 0.2) is 0 Å². The molecular weight excluding hydrogens is 218 g/mol. The summed E-state index contributed by atoms with van der Waals surface area (Å²) in [7, 11) is 0. The third kappa shape index (κ3) is 2.80. The summed E-state index contributed by atoms with van der Waals surface area (Å²) in [5.74, 6) is 0. The average molecular weight is 239 g/mol. The lowest BCUT2D eigenvalue weighted by Crippen LogP contribution is -2.26. The van der Waals surface area contributed by atoms with E-state index in [0.717, 1.165) is 6.54 Å². The summed E-state index contributed by atoms with van der Waals surface area (Å²) in [4.78, 5) is 0. The minimum Gasteiger partial charge on any atom is -0.311 e. The number of likely N-dealkylation sites (N-methyl/N-ethyl adjacent to an activating group) is 1. The molecule has 1 N–H and O–H groups in total. The molecule has 0 radical (unpaired) electrons. The molecule has 0 saturated carbocycles. The van der Waals surface area contributed by atoms with Crippen molar-refractivity contribution in [2.45, 2.75) is 26.8 Å². The smallest absolute Gasteiger partial charge is 0.0251 e. The van der Waals surface area contributed by atoms with E-state index >= 15 is 0 Å². The second-order valence-corrected chi connectivity index (χ2v) is 4.74. The molecule has 0 heterocycles. The zero-order valence-corrected chi connectivity index (χ0v) is 11.4. The number of rotatable bonds is 4. The largest absolute Gasteiger partial charge is 0.311 e. The predicted molar refractivity (Wildman–Crippen MR) is 80.7 cm³/mol. The quantitative estimate of drug-likeness (QED) is 0.841. The zero-order valence-electron chi connectivity index (χ0n) is 11.4. The molecule has 0 saturated heterocycles. The molecule has 0 spiro atoms. The van der Waals surface area contributed by atoms with E-state index in [1.807, 2.05) is 0 Å². The molecule has 0 fully saturated rings. The number of nitrogens with one attached hydrogen (secondary N) is 1. The van der Waals surface area contributed by atoms with Gasteiger partial charge in [0.25, 0.3) is 0 Å². The Bertz CT molecular complexity index is 549. The summed E-state index contributed by atoms with van der Waals surface area (Å²) in [6.07, 6.45) is 2.29. The molecule has 1 heteroatoms. The van der Waals surface area contributed by atoms with Crippen LogP contribution in [0.3, 0.4) is 0 Å². The standard InChI is InChI=1S/C17H21N/c1-4-18-14(3)13(2)12-16-10-7-9-15-8-5-6-11-17(15)16/h5-12,14,18H,4H2,1-3H3/b13-12+. The fourth-order valence-corrected chi connectivity index (χ4v) is 2.21. The predicted octanol–water partition coefficient (Wildman–Crippen LogP) is 4.24. The Labute approximate surface area is 110 Å². The van der Waals surface area contributed by atoms with Crippen LogP contribution in [0.4, 0.5) is 0 Å². The molecular formula is C17H21N. The topological polar surface area (TPSA) is 12.0 Å². The van der Waals surface area contributed by atoms with Gasteiger partial charge < -0.3 is 5.32 Å². The third-order valence-electron chi connectivity index (χ3n) is 3.40. The number of hydrogen-bond acceptors (Lipinski definition) is 1. The highest BCUT2D eigenvalue weighted by atomic mass is 14.9. The molecule has 1 unspecified atom stereocenters. The lowest BCUT2D eigenvalue weighted by Gasteiger charge is -2.13. The number of benzene rings is 2. The van der Waals surface area contributed by atoms with Crippen molar-refractivity contribution in [2.24, 2.45) is 0 Å². The molecule has 0 aliphatic heterocycles. The first-order valence-corrected chi connectivity index (χ1v) is 6.61. The van der Waals surface area contributed by atoms with Gasteiger partial charge in [-0.3, -0.25) is 0 Å². The van der Waals surface area contributed by atoms with Crippen LogP contribution in [0.1, 0.15) is 26.3 Å². The Balaban J connectivity index is 2.39. The summed E-state index contributed by atoms with van der Waals surface area (Å²) in [6, 6.07) is 15.4. The first-order valence-electron chi connectivity index (χ1n) is 6.61. The van der Waals surface area contributed by atoms with Crippen LogP contribution in [0.25, 0.3) is 16.8 Å². The maximum Gasteiger partial charge on any atom is 0.0251 e. The van der Waals surface area contributed by atoms with Gasteiger partial charge in [0.1, 0.15) is 0 Å². The monoisotopic (exact) mass is 239 g/mol. The molecule has 2 aromatic rings. The van der Waals surface area contributed by atoms with Crippen LogP contribution in [0, 0.1) is 0 Å². The Morgan fingerprint density at radius 3 is 2.67 bits per heavy atom. The van der Waals surface area contributed by atoms with E-state index in [4.69, 9.17) is 0 Å². The van der Waals surface area contributed by atoms with Crippen molar-refractivity contribution in [3.05, 3.63) is 53.6 Å². The van der Waals surface area contributed by atoms with Gasteiger partial charge in [-0.1, -0.05) is 61.0 Å². The highest BCUT2D eigenvalue weighted by molar-refractivity contribution is 5.90. The summed E-state index contributed by atoms with van der Waals surface area (Å²) >= 11 is 0. The Morgan fingerprint density at radius 2 is 1.89 bits per heavy atom. The molecule has 18 heavy (non-hydrogen) atoms. The van der Waals surface area contributed by atoms with Crippen LogP contribution in [-0.4, -0.2) is 12.6 Å². The number of fused-ring (bicyclic) bond motifs is 1. The third-order valence-corrected chi connectivity index (χ3v) is 3.40. The maximum atomic E-state index is 3.45. The minimum atomic E-state index is 0.425. The Morgan fingerprint density at radius 1 is 1.17 bits per heavy atom. The fraction of sp³-hybridized carbons (Fsp3) is 0.294. The second-order valence-electron chi connectivity index (χ2n) is 4.74. The Kier molecular flexibility index (Phi) is 4.16. The fourth-order valence-electron chi connectivity index (χ4n) is 2.21. The van der Waals surface area contributed by atoms with Crippen molar-refractivity contribution in [2.75, 3.05) is 6.54 Å². The van der Waals surface area contributed by atoms with E-state index in [0.29, 0.717) is 6.04 Å². The average Bonchev–Trinajstić information content (AvgIpc) is 2.39. The lowest BCUT2D eigenvalue weighted by atomic mass is 10.0. The van der Waals surface area contributed by atoms with E-state index in [1.54, 1.807) is 0 Å². The van der Waals surface area contributed by atoms with Gasteiger partial charge in [-0.2, -0.15) is 0 Å². The van der Waals surface area contributed by atoms with Crippen LogP contribution in [0.2, 0.25) is 0 Å². The van der Waals surface area contributed by atoms with Crippen molar-refractivity contribution >= 4 is 16.8 Å². The molecule has 0 aromatic heterocycles. The molecule has 0 aliphatic rings. The highest BCUT2D eigenvalue weighted by Gasteiger charge is 2.03. The molecule has 0 amide bonds. The van der Waals surface area contributed by atoms with Gasteiger partial charge in [-0.15, -0.1) is 0 Å². The lowest BCUT2D eigenvalue weighted by molar-refractivity contribution is 0.636. The molecule has 94 valence electrons. The van der Waals surface area contributed by atoms with Crippen molar-refractivity contribution < 1.29 is 0 Å². The summed E-state index contributed by atoms with van der Waals surface area (Å²) < 4.78 is 0. The molecule has 1 nitrogen and oxygen atoms in total. The molecule has 0 aliphatic carbocycles. The van der Waals surface area contributed by atoms with Crippen LogP contribution >= 0.6 is 0 Å². The van der Waals surface area contributed by atoms with Gasteiger partial charge >= 0.3 is 0 Å². The van der Waals surface area contributed by atoms with Gasteiger partial charge in [-0.05, 0) is 36.7 Å². The molecule has 0 bridgehead atoms. The van der Waals surface area contributed by atoms with E-state index in [1.165, 1.54) is 21.9 Å². The molecule has 1 atom stereocenters. The Hall–Kier alpha value is -1.60. The molecule has 2 aromatic carbocycles. The summed E-state index contributed by atoms with van der Waals surface area (Å²) in [6.45, 7) is 7.54. The van der Waals surface area contributed by atoms with Crippen LogP contribution < -0.4 is 5.32 Å². The van der Waals surface area contributed by atoms with Gasteiger partial charge in [0.2, 0.25) is 0 Å². The SMILES string of the molecule is CCNC(C)/C(C)=C/c1cccc2ccccc12. The molecule has 2 rings (SSSR count). The van der Waals surface area contributed by atoms with Gasteiger partial charge in [0, 0.05) is 6.04 Å². The van der Waals surface area contributed by atoms with Crippen molar-refractivity contribution in [3.63, 3.8) is 0 Å². The summed E-state index contributed by atoms with van der Waals surface area (Å²) in [5.41, 5.74) is 2.67. The first kappa shape index (κ1) is 12.8.